The summed E-state index contributed by atoms with van der Waals surface area (Å²) in [6, 6.07) is 14.6. The van der Waals surface area contributed by atoms with E-state index in [0.29, 0.717) is 32.1 Å². The molecule has 0 bridgehead atoms. The summed E-state index contributed by atoms with van der Waals surface area (Å²) >= 11 is 13.5. The van der Waals surface area contributed by atoms with Gasteiger partial charge in [-0.25, -0.2) is 4.52 Å². The van der Waals surface area contributed by atoms with Crippen LogP contribution in [-0.4, -0.2) is 20.5 Å². The highest BCUT2D eigenvalue weighted by atomic mass is 35.5. The number of aryl methyl sites for hydroxylation is 1. The van der Waals surface area contributed by atoms with Crippen molar-refractivity contribution in [2.45, 2.75) is 19.9 Å². The Hall–Kier alpha value is -2.74. The predicted octanol–water partition coefficient (Wildman–Crippen LogP) is 4.29. The maximum Gasteiger partial charge on any atom is 0.296 e. The molecule has 0 atom stereocenters. The monoisotopic (exact) mass is 458 g/mol. The molecule has 30 heavy (non-hydrogen) atoms. The molecule has 2 heterocycles. The van der Waals surface area contributed by atoms with Crippen LogP contribution in [0.5, 0.6) is 0 Å². The normalized spacial score (nSPS) is 11.0. The van der Waals surface area contributed by atoms with Crippen LogP contribution < -0.4 is 10.9 Å². The molecular formula is C21H16Cl2N4O2S. The molecule has 9 heteroatoms. The molecule has 0 aliphatic carbocycles. The number of hydrogen-bond acceptors (Lipinski definition) is 5. The highest BCUT2D eigenvalue weighted by Crippen LogP contribution is 2.22. The van der Waals surface area contributed by atoms with Crippen molar-refractivity contribution < 1.29 is 4.79 Å². The van der Waals surface area contributed by atoms with Crippen molar-refractivity contribution >= 4 is 45.4 Å². The van der Waals surface area contributed by atoms with Crippen LogP contribution in [0.3, 0.4) is 0 Å². The molecule has 0 radical (unpaired) electrons. The predicted molar refractivity (Wildman–Crippen MR) is 119 cm³/mol. The van der Waals surface area contributed by atoms with E-state index in [9.17, 15) is 9.59 Å². The third-order valence-corrected chi connectivity index (χ3v) is 6.47. The molecular weight excluding hydrogens is 443 g/mol. The van der Waals surface area contributed by atoms with E-state index < -0.39 is 5.56 Å². The topological polar surface area (TPSA) is 76.4 Å². The molecule has 1 N–H and O–H groups in total. The molecule has 0 aliphatic heterocycles. The number of thiazole rings is 1. The van der Waals surface area contributed by atoms with Gasteiger partial charge < -0.3 is 5.32 Å². The molecule has 0 unspecified atom stereocenters. The van der Waals surface area contributed by atoms with E-state index in [2.05, 4.69) is 15.4 Å². The molecule has 6 nitrogen and oxygen atoms in total. The van der Waals surface area contributed by atoms with Gasteiger partial charge in [-0.15, -0.1) is 0 Å². The SMILES string of the molecule is Cc1c(C(=O)NCc2ccccc2Cl)sc2nc(=O)c(Cc3ccccc3Cl)nn12. The summed E-state index contributed by atoms with van der Waals surface area (Å²) in [5, 5.41) is 8.44. The first-order valence-corrected chi connectivity index (χ1v) is 10.7. The van der Waals surface area contributed by atoms with Gasteiger partial charge in [-0.2, -0.15) is 10.1 Å². The Balaban J connectivity index is 1.62. The van der Waals surface area contributed by atoms with Gasteiger partial charge in [0.15, 0.2) is 0 Å². The summed E-state index contributed by atoms with van der Waals surface area (Å²) in [5.41, 5.74) is 2.05. The summed E-state index contributed by atoms with van der Waals surface area (Å²) in [5.74, 6) is -0.273. The van der Waals surface area contributed by atoms with Crippen molar-refractivity contribution in [2.75, 3.05) is 0 Å². The van der Waals surface area contributed by atoms with Crippen LogP contribution in [0.4, 0.5) is 0 Å². The van der Waals surface area contributed by atoms with E-state index >= 15 is 0 Å². The molecule has 1 amide bonds. The van der Waals surface area contributed by atoms with Crippen LogP contribution in [0.15, 0.2) is 53.3 Å². The fourth-order valence-corrected chi connectivity index (χ4v) is 4.37. The zero-order chi connectivity index (χ0) is 21.3. The van der Waals surface area contributed by atoms with Gasteiger partial charge in [-0.05, 0) is 30.2 Å². The second-order valence-electron chi connectivity index (χ2n) is 6.62. The van der Waals surface area contributed by atoms with E-state index in [4.69, 9.17) is 23.2 Å². The minimum Gasteiger partial charge on any atom is -0.347 e. The minimum atomic E-state index is -0.431. The standard InChI is InChI=1S/C21H16Cl2N4O2S/c1-12-18(20(29)24-11-14-7-3-5-9-16(14)23)30-21-25-19(28)17(26-27(12)21)10-13-6-2-4-8-15(13)22/h2-9H,10-11H2,1H3,(H,24,29). The van der Waals surface area contributed by atoms with Crippen LogP contribution >= 0.6 is 34.5 Å². The van der Waals surface area contributed by atoms with E-state index in [0.717, 1.165) is 22.5 Å². The van der Waals surface area contributed by atoms with E-state index in [1.54, 1.807) is 19.1 Å². The van der Waals surface area contributed by atoms with Crippen molar-refractivity contribution in [3.63, 3.8) is 0 Å². The molecule has 0 spiro atoms. The molecule has 2 aromatic heterocycles. The molecule has 0 fully saturated rings. The summed E-state index contributed by atoms with van der Waals surface area (Å²) in [7, 11) is 0. The van der Waals surface area contributed by atoms with Gasteiger partial charge in [0.2, 0.25) is 4.96 Å². The lowest BCUT2D eigenvalue weighted by Crippen LogP contribution is -2.23. The van der Waals surface area contributed by atoms with Crippen molar-refractivity contribution in [1.82, 2.24) is 19.9 Å². The van der Waals surface area contributed by atoms with Crippen molar-refractivity contribution in [3.8, 4) is 0 Å². The number of carbonyl (C=O) groups is 1. The highest BCUT2D eigenvalue weighted by molar-refractivity contribution is 7.19. The Morgan fingerprint density at radius 1 is 1.07 bits per heavy atom. The van der Waals surface area contributed by atoms with Gasteiger partial charge in [-0.1, -0.05) is 70.9 Å². The molecule has 152 valence electrons. The Morgan fingerprint density at radius 2 is 1.70 bits per heavy atom. The quantitative estimate of drug-likeness (QED) is 0.483. The molecule has 4 rings (SSSR count). The number of nitrogens with zero attached hydrogens (tertiary/aromatic N) is 3. The Labute approximate surface area is 186 Å². The minimum absolute atomic E-state index is 0.262. The van der Waals surface area contributed by atoms with Gasteiger partial charge in [-0.3, -0.25) is 9.59 Å². The van der Waals surface area contributed by atoms with E-state index in [-0.39, 0.29) is 18.0 Å². The molecule has 0 aliphatic rings. The number of rotatable bonds is 5. The van der Waals surface area contributed by atoms with Gasteiger partial charge >= 0.3 is 0 Å². The number of aromatic nitrogens is 3. The summed E-state index contributed by atoms with van der Waals surface area (Å²) < 4.78 is 1.53. The van der Waals surface area contributed by atoms with Crippen molar-refractivity contribution in [1.29, 1.82) is 0 Å². The molecule has 2 aromatic carbocycles. The molecule has 0 saturated heterocycles. The Bertz CT molecular complexity index is 1320. The number of halogens is 2. The number of benzene rings is 2. The third kappa shape index (κ3) is 4.09. The second kappa shape index (κ2) is 8.55. The third-order valence-electron chi connectivity index (χ3n) is 4.60. The van der Waals surface area contributed by atoms with Crippen LogP contribution in [-0.2, 0) is 13.0 Å². The summed E-state index contributed by atoms with van der Waals surface area (Å²) in [6.45, 7) is 2.06. The van der Waals surface area contributed by atoms with Gasteiger partial charge in [0.05, 0.1) is 5.69 Å². The lowest BCUT2D eigenvalue weighted by atomic mass is 10.1. The summed E-state index contributed by atoms with van der Waals surface area (Å²) in [6.07, 6.45) is 0.262. The first kappa shape index (κ1) is 20.5. The Morgan fingerprint density at radius 3 is 2.37 bits per heavy atom. The number of hydrogen-bond donors (Lipinski definition) is 1. The van der Waals surface area contributed by atoms with E-state index in [1.165, 1.54) is 4.52 Å². The highest BCUT2D eigenvalue weighted by Gasteiger charge is 2.19. The average molecular weight is 459 g/mol. The van der Waals surface area contributed by atoms with Crippen LogP contribution in [0.1, 0.15) is 32.2 Å². The number of nitrogens with one attached hydrogen (secondary N) is 1. The maximum atomic E-state index is 12.7. The van der Waals surface area contributed by atoms with Crippen molar-refractivity contribution in [2.24, 2.45) is 0 Å². The van der Waals surface area contributed by atoms with Crippen LogP contribution in [0, 0.1) is 6.92 Å². The smallest absolute Gasteiger partial charge is 0.296 e. The fraction of sp³-hybridized carbons (Fsp3) is 0.143. The lowest BCUT2D eigenvalue weighted by Gasteiger charge is -2.06. The first-order chi connectivity index (χ1) is 14.4. The number of fused-ring (bicyclic) bond motifs is 1. The second-order valence-corrected chi connectivity index (χ2v) is 8.41. The zero-order valence-corrected chi connectivity index (χ0v) is 18.2. The molecule has 0 saturated carbocycles. The van der Waals surface area contributed by atoms with Gasteiger partial charge in [0.1, 0.15) is 10.6 Å². The van der Waals surface area contributed by atoms with Gasteiger partial charge in [0, 0.05) is 23.0 Å². The summed E-state index contributed by atoms with van der Waals surface area (Å²) in [4.78, 5) is 30.1. The Kier molecular flexibility index (Phi) is 5.85. The lowest BCUT2D eigenvalue weighted by molar-refractivity contribution is 0.0954. The van der Waals surface area contributed by atoms with Crippen molar-refractivity contribution in [3.05, 3.63) is 96.3 Å². The largest absolute Gasteiger partial charge is 0.347 e. The molecule has 4 aromatic rings. The number of carbonyl (C=O) groups excluding carboxylic acids is 1. The van der Waals surface area contributed by atoms with Gasteiger partial charge in [0.25, 0.3) is 11.5 Å². The maximum absolute atomic E-state index is 12.7. The fourth-order valence-electron chi connectivity index (χ4n) is 2.99. The number of amides is 1. The zero-order valence-electron chi connectivity index (χ0n) is 15.9. The average Bonchev–Trinajstić information content (AvgIpc) is 3.04. The van der Waals surface area contributed by atoms with Crippen LogP contribution in [0.2, 0.25) is 10.0 Å². The van der Waals surface area contributed by atoms with E-state index in [1.807, 2.05) is 36.4 Å². The first-order valence-electron chi connectivity index (χ1n) is 9.08. The van der Waals surface area contributed by atoms with Crippen LogP contribution in [0.25, 0.3) is 4.96 Å².